The number of hydrogen-bond donors (Lipinski definition) is 0. The maximum atomic E-state index is 5.29. The van der Waals surface area contributed by atoms with E-state index in [9.17, 15) is 0 Å². The van der Waals surface area contributed by atoms with Gasteiger partial charge in [-0.05, 0) is 73.8 Å². The number of aromatic nitrogens is 4. The number of rotatable bonds is 5. The van der Waals surface area contributed by atoms with Crippen molar-refractivity contribution in [3.05, 3.63) is 147 Å². The molecule has 0 aliphatic heterocycles. The van der Waals surface area contributed by atoms with E-state index in [1.165, 1.54) is 29.1 Å². The number of hydrogen-bond acceptors (Lipinski definition) is 6. The van der Waals surface area contributed by atoms with Crippen molar-refractivity contribution in [1.29, 1.82) is 0 Å². The lowest BCUT2D eigenvalue weighted by Crippen LogP contribution is -1.96. The summed E-state index contributed by atoms with van der Waals surface area (Å²) in [7, 11) is 0. The Labute approximate surface area is 263 Å². The summed E-state index contributed by atoms with van der Waals surface area (Å²) in [6, 6.07) is 42.3. The van der Waals surface area contributed by atoms with Crippen LogP contribution in [0, 0.1) is 0 Å². The lowest BCUT2D eigenvalue weighted by Gasteiger charge is -2.18. The lowest BCUT2D eigenvalue weighted by atomic mass is 9.86. The summed E-state index contributed by atoms with van der Waals surface area (Å²) < 4.78 is 10.6. The van der Waals surface area contributed by atoms with E-state index in [1.807, 2.05) is 24.3 Å². The van der Waals surface area contributed by atoms with Crippen molar-refractivity contribution in [2.75, 3.05) is 0 Å². The van der Waals surface area contributed by atoms with Crippen LogP contribution in [0.4, 0.5) is 0 Å². The average molecular weight is 593 g/mol. The van der Waals surface area contributed by atoms with Crippen molar-refractivity contribution < 1.29 is 8.83 Å². The fourth-order valence-electron chi connectivity index (χ4n) is 6.49. The van der Waals surface area contributed by atoms with Crippen molar-refractivity contribution in [2.45, 2.75) is 0 Å². The molecular formula is C40H24N4O2. The monoisotopic (exact) mass is 592 g/mol. The van der Waals surface area contributed by atoms with E-state index in [2.05, 4.69) is 107 Å². The van der Waals surface area contributed by atoms with Gasteiger partial charge in [0.1, 0.15) is 23.9 Å². The summed E-state index contributed by atoms with van der Waals surface area (Å²) in [4.78, 5) is 18.9. The van der Waals surface area contributed by atoms with Gasteiger partial charge >= 0.3 is 0 Å². The first-order valence-corrected chi connectivity index (χ1v) is 15.0. The molecule has 0 unspecified atom stereocenters. The topological polar surface area (TPSA) is 77.8 Å². The Hall–Kier alpha value is -6.40. The number of benzene rings is 5. The maximum absolute atomic E-state index is 5.29. The Morgan fingerprint density at radius 2 is 0.913 bits per heavy atom. The van der Waals surface area contributed by atoms with E-state index in [-0.39, 0.29) is 0 Å². The van der Waals surface area contributed by atoms with Gasteiger partial charge in [0.15, 0.2) is 12.8 Å². The Kier molecular flexibility index (Phi) is 6.03. The van der Waals surface area contributed by atoms with Crippen LogP contribution >= 0.6 is 0 Å². The quantitative estimate of drug-likeness (QED) is 0.185. The molecule has 216 valence electrons. The van der Waals surface area contributed by atoms with Crippen LogP contribution in [0.15, 0.2) is 155 Å². The van der Waals surface area contributed by atoms with Gasteiger partial charge in [0, 0.05) is 11.1 Å². The van der Waals surface area contributed by atoms with Gasteiger partial charge in [0.05, 0.1) is 22.8 Å². The standard InChI is InChI=1S/C40H24N4O2/c1-2-10-27-25(8-1)9-5-13-28(27)26-18-19-31-32(20-26)40(36-17-7-15-34(44-36)38-22-46-24-42-38)30-12-4-3-11-29(30)39(31)35-16-6-14-33(43-35)37-21-45-23-41-37/h1-24H. The smallest absolute Gasteiger partial charge is 0.181 e. The van der Waals surface area contributed by atoms with E-state index >= 15 is 0 Å². The minimum absolute atomic E-state index is 0.692. The van der Waals surface area contributed by atoms with Gasteiger partial charge in [-0.25, -0.2) is 19.9 Å². The highest BCUT2D eigenvalue weighted by Crippen LogP contribution is 2.45. The third-order valence-corrected chi connectivity index (χ3v) is 8.52. The van der Waals surface area contributed by atoms with E-state index in [0.717, 1.165) is 61.0 Å². The molecule has 0 amide bonds. The molecule has 4 aromatic heterocycles. The van der Waals surface area contributed by atoms with Crippen molar-refractivity contribution in [1.82, 2.24) is 19.9 Å². The first kappa shape index (κ1) is 26.0. The first-order chi connectivity index (χ1) is 22.8. The van der Waals surface area contributed by atoms with E-state index < -0.39 is 0 Å². The first-order valence-electron chi connectivity index (χ1n) is 15.0. The minimum atomic E-state index is 0.692. The van der Waals surface area contributed by atoms with Crippen molar-refractivity contribution in [2.24, 2.45) is 0 Å². The third kappa shape index (κ3) is 4.27. The Morgan fingerprint density at radius 3 is 1.54 bits per heavy atom. The second kappa shape index (κ2) is 10.6. The summed E-state index contributed by atoms with van der Waals surface area (Å²) in [5.41, 5.74) is 9.01. The van der Waals surface area contributed by atoms with Crippen LogP contribution < -0.4 is 0 Å². The summed E-state index contributed by atoms with van der Waals surface area (Å²) in [5.74, 6) is 0. The highest BCUT2D eigenvalue weighted by Gasteiger charge is 2.20. The number of nitrogens with zero attached hydrogens (tertiary/aromatic N) is 4. The van der Waals surface area contributed by atoms with Crippen LogP contribution in [0.3, 0.4) is 0 Å². The zero-order chi connectivity index (χ0) is 30.5. The molecule has 0 saturated heterocycles. The Bertz CT molecular complexity index is 2530. The lowest BCUT2D eigenvalue weighted by molar-refractivity contribution is 0.558. The van der Waals surface area contributed by atoms with Gasteiger partial charge in [0.25, 0.3) is 0 Å². The molecule has 6 heteroatoms. The highest BCUT2D eigenvalue weighted by atomic mass is 16.3. The van der Waals surface area contributed by atoms with Crippen LogP contribution in [0.2, 0.25) is 0 Å². The highest BCUT2D eigenvalue weighted by molar-refractivity contribution is 6.21. The molecular weight excluding hydrogens is 568 g/mol. The minimum Gasteiger partial charge on any atom is -0.451 e. The number of pyridine rings is 2. The van der Waals surface area contributed by atoms with E-state index in [0.29, 0.717) is 11.4 Å². The van der Waals surface area contributed by atoms with Crippen LogP contribution in [0.25, 0.3) is 88.7 Å². The molecule has 0 aliphatic carbocycles. The number of oxazole rings is 2. The maximum Gasteiger partial charge on any atom is 0.181 e. The molecule has 0 radical (unpaired) electrons. The molecule has 9 aromatic rings. The molecule has 5 aromatic carbocycles. The van der Waals surface area contributed by atoms with Gasteiger partial charge in [-0.15, -0.1) is 0 Å². The van der Waals surface area contributed by atoms with Crippen molar-refractivity contribution in [3.63, 3.8) is 0 Å². The average Bonchev–Trinajstić information content (AvgIpc) is 3.86. The summed E-state index contributed by atoms with van der Waals surface area (Å²) in [6.07, 6.45) is 6.10. The molecule has 46 heavy (non-hydrogen) atoms. The predicted octanol–water partition coefficient (Wildman–Crippen LogP) is 10.2. The SMILES string of the molecule is c1cc(-c2cocn2)nc(-c2c3ccccc3c(-c3cccc(-c4cocn4)n3)c3cc(-c4cccc5ccccc45)ccc23)c1. The van der Waals surface area contributed by atoms with Gasteiger partial charge in [-0.2, -0.15) is 0 Å². The van der Waals surface area contributed by atoms with Gasteiger partial charge < -0.3 is 8.83 Å². The Morgan fingerprint density at radius 1 is 0.391 bits per heavy atom. The molecule has 0 saturated carbocycles. The molecule has 0 fully saturated rings. The molecule has 6 nitrogen and oxygen atoms in total. The van der Waals surface area contributed by atoms with Crippen molar-refractivity contribution in [3.8, 4) is 56.4 Å². The molecule has 0 aliphatic rings. The third-order valence-electron chi connectivity index (χ3n) is 8.52. The summed E-state index contributed by atoms with van der Waals surface area (Å²) in [5, 5.41) is 6.74. The molecule has 0 atom stereocenters. The Balaban J connectivity index is 1.38. The summed E-state index contributed by atoms with van der Waals surface area (Å²) in [6.45, 7) is 0. The van der Waals surface area contributed by atoms with Crippen LogP contribution in [0.5, 0.6) is 0 Å². The van der Waals surface area contributed by atoms with E-state index in [4.69, 9.17) is 18.8 Å². The normalized spacial score (nSPS) is 11.5. The zero-order valence-corrected chi connectivity index (χ0v) is 24.5. The largest absolute Gasteiger partial charge is 0.451 e. The zero-order valence-electron chi connectivity index (χ0n) is 24.5. The second-order valence-electron chi connectivity index (χ2n) is 11.1. The van der Waals surface area contributed by atoms with Crippen molar-refractivity contribution >= 4 is 32.3 Å². The predicted molar refractivity (Wildman–Crippen MR) is 182 cm³/mol. The molecule has 9 rings (SSSR count). The van der Waals surface area contributed by atoms with Gasteiger partial charge in [-0.1, -0.05) is 91.0 Å². The van der Waals surface area contributed by atoms with Crippen LogP contribution in [-0.2, 0) is 0 Å². The van der Waals surface area contributed by atoms with Gasteiger partial charge in [-0.3, -0.25) is 0 Å². The molecule has 0 spiro atoms. The van der Waals surface area contributed by atoms with Crippen LogP contribution in [-0.4, -0.2) is 19.9 Å². The fraction of sp³-hybridized carbons (Fsp3) is 0. The van der Waals surface area contributed by atoms with Gasteiger partial charge in [0.2, 0.25) is 0 Å². The fourth-order valence-corrected chi connectivity index (χ4v) is 6.49. The summed E-state index contributed by atoms with van der Waals surface area (Å²) >= 11 is 0. The molecule has 4 heterocycles. The van der Waals surface area contributed by atoms with E-state index in [1.54, 1.807) is 12.5 Å². The molecule has 0 N–H and O–H groups in total. The number of fused-ring (bicyclic) bond motifs is 3. The van der Waals surface area contributed by atoms with Crippen LogP contribution in [0.1, 0.15) is 0 Å². The second-order valence-corrected chi connectivity index (χ2v) is 11.1. The molecule has 0 bridgehead atoms.